The largest absolute Gasteiger partial charge is 0.495 e. The highest BCUT2D eigenvalue weighted by atomic mass is 32.2. The summed E-state index contributed by atoms with van der Waals surface area (Å²) in [7, 11) is -5.39. The molecule has 1 saturated heterocycles. The zero-order chi connectivity index (χ0) is 21.9. The molecular weight excluding hydrogens is 435 g/mol. The molecule has 1 heterocycles. The highest BCUT2D eigenvalue weighted by Gasteiger charge is 2.27. The molecule has 0 saturated carbocycles. The molecule has 8 nitrogen and oxygen atoms in total. The normalized spacial score (nSPS) is 15.6. The number of hydrogen-bond donors (Lipinski definition) is 1. The van der Waals surface area contributed by atoms with Gasteiger partial charge in [-0.15, -0.1) is 0 Å². The number of nitrogens with one attached hydrogen (secondary N) is 1. The summed E-state index contributed by atoms with van der Waals surface area (Å²) in [5, 5.41) is 0. The van der Waals surface area contributed by atoms with Crippen LogP contribution in [0.15, 0.2) is 46.2 Å². The average molecular weight is 459 g/mol. The SMILES string of the molecule is COc1ccc(S(=O)(=O)Nc2cc(S(=O)(=O)N3CCCCC3)ccc2OC)cc1F. The van der Waals surface area contributed by atoms with Crippen molar-refractivity contribution in [2.24, 2.45) is 0 Å². The number of methoxy groups -OCH3 is 2. The third-order valence-corrected chi connectivity index (χ3v) is 8.06. The van der Waals surface area contributed by atoms with Crippen molar-refractivity contribution in [1.82, 2.24) is 4.31 Å². The van der Waals surface area contributed by atoms with Crippen molar-refractivity contribution < 1.29 is 30.7 Å². The van der Waals surface area contributed by atoms with E-state index in [1.165, 1.54) is 48.9 Å². The van der Waals surface area contributed by atoms with Gasteiger partial charge in [0, 0.05) is 13.1 Å². The number of piperidine rings is 1. The van der Waals surface area contributed by atoms with E-state index >= 15 is 0 Å². The zero-order valence-electron chi connectivity index (χ0n) is 16.6. The van der Waals surface area contributed by atoms with Crippen molar-refractivity contribution >= 4 is 25.7 Å². The van der Waals surface area contributed by atoms with Crippen LogP contribution in [0, 0.1) is 5.82 Å². The molecule has 0 aliphatic carbocycles. The van der Waals surface area contributed by atoms with Gasteiger partial charge in [-0.1, -0.05) is 6.42 Å². The van der Waals surface area contributed by atoms with Gasteiger partial charge in [-0.3, -0.25) is 4.72 Å². The lowest BCUT2D eigenvalue weighted by atomic mass is 10.2. The van der Waals surface area contributed by atoms with Crippen LogP contribution in [0.1, 0.15) is 19.3 Å². The second-order valence-corrected chi connectivity index (χ2v) is 10.3. The Morgan fingerprint density at radius 3 is 2.07 bits per heavy atom. The van der Waals surface area contributed by atoms with Gasteiger partial charge in [-0.25, -0.2) is 21.2 Å². The maximum Gasteiger partial charge on any atom is 0.262 e. The van der Waals surface area contributed by atoms with E-state index in [0.717, 1.165) is 25.3 Å². The summed E-state index contributed by atoms with van der Waals surface area (Å²) < 4.78 is 79.0. The van der Waals surface area contributed by atoms with Crippen molar-refractivity contribution in [3.05, 3.63) is 42.2 Å². The van der Waals surface area contributed by atoms with Crippen molar-refractivity contribution in [3.63, 3.8) is 0 Å². The molecule has 164 valence electrons. The van der Waals surface area contributed by atoms with E-state index in [1.807, 2.05) is 0 Å². The van der Waals surface area contributed by atoms with Gasteiger partial charge in [-0.05, 0) is 49.2 Å². The van der Waals surface area contributed by atoms with E-state index in [-0.39, 0.29) is 27.0 Å². The predicted octanol–water partition coefficient (Wildman–Crippen LogP) is 2.82. The first kappa shape index (κ1) is 22.3. The first-order chi connectivity index (χ1) is 14.2. The molecule has 0 aromatic heterocycles. The Kier molecular flexibility index (Phi) is 6.53. The van der Waals surface area contributed by atoms with Crippen LogP contribution >= 0.6 is 0 Å². The van der Waals surface area contributed by atoms with Crippen LogP contribution in [0.5, 0.6) is 11.5 Å². The van der Waals surface area contributed by atoms with Crippen LogP contribution in [0.2, 0.25) is 0 Å². The molecule has 2 aromatic carbocycles. The Morgan fingerprint density at radius 2 is 1.47 bits per heavy atom. The molecule has 1 fully saturated rings. The van der Waals surface area contributed by atoms with Crippen LogP contribution in [0.3, 0.4) is 0 Å². The molecule has 2 aromatic rings. The van der Waals surface area contributed by atoms with Gasteiger partial charge in [0.2, 0.25) is 10.0 Å². The van der Waals surface area contributed by atoms with Crippen LogP contribution in [-0.4, -0.2) is 48.4 Å². The first-order valence-electron chi connectivity index (χ1n) is 9.23. The summed E-state index contributed by atoms with van der Waals surface area (Å²) in [5.41, 5.74) is -0.0631. The van der Waals surface area contributed by atoms with Crippen LogP contribution in [0.4, 0.5) is 10.1 Å². The monoisotopic (exact) mass is 458 g/mol. The zero-order valence-corrected chi connectivity index (χ0v) is 18.2. The minimum Gasteiger partial charge on any atom is -0.495 e. The van der Waals surface area contributed by atoms with Gasteiger partial charge >= 0.3 is 0 Å². The molecule has 0 amide bonds. The summed E-state index contributed by atoms with van der Waals surface area (Å²) in [6.45, 7) is 0.834. The molecule has 11 heteroatoms. The van der Waals surface area contributed by atoms with E-state index in [1.54, 1.807) is 0 Å². The lowest BCUT2D eigenvalue weighted by Crippen LogP contribution is -2.35. The summed E-state index contributed by atoms with van der Waals surface area (Å²) in [5.74, 6) is -0.805. The van der Waals surface area contributed by atoms with Gasteiger partial charge < -0.3 is 9.47 Å². The lowest BCUT2D eigenvalue weighted by molar-refractivity contribution is 0.346. The second-order valence-electron chi connectivity index (χ2n) is 6.73. The molecule has 1 N–H and O–H groups in total. The minimum absolute atomic E-state index is 0.0520. The first-order valence-corrected chi connectivity index (χ1v) is 12.2. The Morgan fingerprint density at radius 1 is 0.867 bits per heavy atom. The highest BCUT2D eigenvalue weighted by molar-refractivity contribution is 7.92. The number of nitrogens with zero attached hydrogens (tertiary/aromatic N) is 1. The second kappa shape index (κ2) is 8.78. The van der Waals surface area contributed by atoms with E-state index in [2.05, 4.69) is 4.72 Å². The lowest BCUT2D eigenvalue weighted by Gasteiger charge is -2.26. The van der Waals surface area contributed by atoms with Crippen molar-refractivity contribution in [1.29, 1.82) is 0 Å². The maximum absolute atomic E-state index is 14.0. The fourth-order valence-electron chi connectivity index (χ4n) is 3.20. The molecule has 1 aliphatic heterocycles. The van der Waals surface area contributed by atoms with Crippen molar-refractivity contribution in [2.75, 3.05) is 32.0 Å². The summed E-state index contributed by atoms with van der Waals surface area (Å²) in [4.78, 5) is -0.393. The number of halogens is 1. The van der Waals surface area contributed by atoms with Gasteiger partial charge in [-0.2, -0.15) is 4.31 Å². The van der Waals surface area contributed by atoms with E-state index in [4.69, 9.17) is 9.47 Å². The maximum atomic E-state index is 14.0. The topological polar surface area (TPSA) is 102 Å². The van der Waals surface area contributed by atoms with E-state index in [9.17, 15) is 21.2 Å². The highest BCUT2D eigenvalue weighted by Crippen LogP contribution is 2.32. The molecular formula is C19H23FN2O6S2. The predicted molar refractivity (Wildman–Crippen MR) is 109 cm³/mol. The number of rotatable bonds is 7. The molecule has 0 spiro atoms. The number of benzene rings is 2. The van der Waals surface area contributed by atoms with E-state index < -0.39 is 25.9 Å². The number of hydrogen-bond acceptors (Lipinski definition) is 6. The van der Waals surface area contributed by atoms with Crippen LogP contribution < -0.4 is 14.2 Å². The standard InChI is InChI=1S/C19H23FN2O6S2/c1-27-18-8-6-14(12-16(18)20)29(23,24)21-17-13-15(7-9-19(17)28-2)30(25,26)22-10-4-3-5-11-22/h6-9,12-13,21H,3-5,10-11H2,1-2H3. The summed E-state index contributed by atoms with van der Waals surface area (Å²) in [6, 6.07) is 7.16. The molecule has 30 heavy (non-hydrogen) atoms. The quantitative estimate of drug-likeness (QED) is 0.685. The average Bonchev–Trinajstić information content (AvgIpc) is 2.74. The smallest absolute Gasteiger partial charge is 0.262 e. The fraction of sp³-hybridized carbons (Fsp3) is 0.368. The molecule has 0 atom stereocenters. The van der Waals surface area contributed by atoms with Crippen LogP contribution in [0.25, 0.3) is 0 Å². The van der Waals surface area contributed by atoms with Crippen molar-refractivity contribution in [3.8, 4) is 11.5 Å². The Hall–Kier alpha value is -2.37. The van der Waals surface area contributed by atoms with Crippen LogP contribution in [-0.2, 0) is 20.0 Å². The minimum atomic E-state index is -4.21. The Labute approximate surface area is 175 Å². The number of anilines is 1. The van der Waals surface area contributed by atoms with Gasteiger partial charge in [0.25, 0.3) is 10.0 Å². The summed E-state index contributed by atoms with van der Waals surface area (Å²) in [6.07, 6.45) is 2.52. The third-order valence-electron chi connectivity index (χ3n) is 4.80. The fourth-order valence-corrected chi connectivity index (χ4v) is 5.82. The summed E-state index contributed by atoms with van der Waals surface area (Å²) >= 11 is 0. The van der Waals surface area contributed by atoms with Gasteiger partial charge in [0.15, 0.2) is 11.6 Å². The Bertz CT molecular complexity index is 1130. The van der Waals surface area contributed by atoms with Crippen molar-refractivity contribution in [2.45, 2.75) is 29.1 Å². The molecule has 1 aliphatic rings. The molecule has 0 unspecified atom stereocenters. The Balaban J connectivity index is 1.97. The van der Waals surface area contributed by atoms with E-state index in [0.29, 0.717) is 13.1 Å². The molecule has 0 bridgehead atoms. The van der Waals surface area contributed by atoms with Gasteiger partial charge in [0.05, 0.1) is 29.7 Å². The molecule has 0 radical (unpaired) electrons. The number of ether oxygens (including phenoxy) is 2. The third kappa shape index (κ3) is 4.52. The molecule has 3 rings (SSSR count). The van der Waals surface area contributed by atoms with Gasteiger partial charge in [0.1, 0.15) is 5.75 Å². The number of sulfonamides is 2.